The maximum Gasteiger partial charge on any atom is 0.146 e. The summed E-state index contributed by atoms with van der Waals surface area (Å²) in [6, 6.07) is 5.43. The maximum absolute atomic E-state index is 14.1. The van der Waals surface area contributed by atoms with Crippen molar-refractivity contribution in [3.8, 4) is 0 Å². The lowest BCUT2D eigenvalue weighted by Crippen LogP contribution is -2.26. The summed E-state index contributed by atoms with van der Waals surface area (Å²) in [5.41, 5.74) is 1.72. The first-order valence-electron chi connectivity index (χ1n) is 6.79. The smallest absolute Gasteiger partial charge is 0.146 e. The number of nitrogens with one attached hydrogen (secondary N) is 1. The van der Waals surface area contributed by atoms with Crippen molar-refractivity contribution in [3.05, 3.63) is 29.6 Å². The van der Waals surface area contributed by atoms with Crippen LogP contribution in [0.15, 0.2) is 18.2 Å². The van der Waals surface area contributed by atoms with E-state index in [9.17, 15) is 4.39 Å². The van der Waals surface area contributed by atoms with Gasteiger partial charge < -0.3 is 15.1 Å². The lowest BCUT2D eigenvalue weighted by atomic mass is 10.0. The van der Waals surface area contributed by atoms with E-state index in [4.69, 9.17) is 0 Å². The van der Waals surface area contributed by atoms with Crippen molar-refractivity contribution in [1.82, 2.24) is 10.2 Å². The van der Waals surface area contributed by atoms with Gasteiger partial charge in [0.25, 0.3) is 0 Å². The summed E-state index contributed by atoms with van der Waals surface area (Å²) in [5.74, 6) is -0.146. The van der Waals surface area contributed by atoms with Gasteiger partial charge in [-0.05, 0) is 52.7 Å². The highest BCUT2D eigenvalue weighted by Crippen LogP contribution is 2.28. The summed E-state index contributed by atoms with van der Waals surface area (Å²) in [4.78, 5) is 4.16. The van der Waals surface area contributed by atoms with E-state index < -0.39 is 0 Å². The Morgan fingerprint density at radius 2 is 1.89 bits per heavy atom. The monoisotopic (exact) mass is 267 g/mol. The van der Waals surface area contributed by atoms with Crippen molar-refractivity contribution >= 4 is 5.69 Å². The minimum Gasteiger partial charge on any atom is -0.372 e. The summed E-state index contributed by atoms with van der Waals surface area (Å²) >= 11 is 0. The van der Waals surface area contributed by atoms with Crippen molar-refractivity contribution in [3.63, 3.8) is 0 Å². The van der Waals surface area contributed by atoms with Crippen molar-refractivity contribution in [2.45, 2.75) is 19.4 Å². The fourth-order valence-electron chi connectivity index (χ4n) is 2.18. The van der Waals surface area contributed by atoms with Crippen LogP contribution >= 0.6 is 0 Å². The quantitative estimate of drug-likeness (QED) is 0.819. The lowest BCUT2D eigenvalue weighted by molar-refractivity contribution is 0.401. The largest absolute Gasteiger partial charge is 0.372 e. The van der Waals surface area contributed by atoms with Gasteiger partial charge in [-0.15, -0.1) is 0 Å². The number of para-hydroxylation sites is 1. The standard InChI is InChI=1S/C15H26FN3/c1-12(17-2)13-8-6-9-14(16)15(13)19(5)11-7-10-18(3)4/h6,8-9,12,17H,7,10-11H2,1-5H3. The molecule has 0 aliphatic heterocycles. The Morgan fingerprint density at radius 1 is 1.21 bits per heavy atom. The molecule has 1 unspecified atom stereocenters. The first kappa shape index (κ1) is 15.9. The summed E-state index contributed by atoms with van der Waals surface area (Å²) in [6.45, 7) is 3.91. The van der Waals surface area contributed by atoms with Crippen LogP contribution in [0.3, 0.4) is 0 Å². The van der Waals surface area contributed by atoms with Crippen LogP contribution in [0.4, 0.5) is 10.1 Å². The van der Waals surface area contributed by atoms with Crippen LogP contribution in [0, 0.1) is 5.82 Å². The van der Waals surface area contributed by atoms with Crippen LogP contribution in [0.1, 0.15) is 24.9 Å². The van der Waals surface area contributed by atoms with Crippen LogP contribution < -0.4 is 10.2 Å². The molecule has 0 aliphatic rings. The van der Waals surface area contributed by atoms with Gasteiger partial charge in [-0.25, -0.2) is 4.39 Å². The highest BCUT2D eigenvalue weighted by molar-refractivity contribution is 5.55. The third-order valence-corrected chi connectivity index (χ3v) is 3.40. The van der Waals surface area contributed by atoms with E-state index >= 15 is 0 Å². The van der Waals surface area contributed by atoms with Gasteiger partial charge in [-0.1, -0.05) is 12.1 Å². The van der Waals surface area contributed by atoms with Gasteiger partial charge in [0.1, 0.15) is 5.82 Å². The molecule has 1 atom stereocenters. The molecular formula is C15H26FN3. The molecule has 1 aromatic rings. The van der Waals surface area contributed by atoms with E-state index in [2.05, 4.69) is 24.3 Å². The fraction of sp³-hybridized carbons (Fsp3) is 0.600. The molecule has 0 amide bonds. The Balaban J connectivity index is 2.85. The Morgan fingerprint density at radius 3 is 2.47 bits per heavy atom. The molecule has 0 radical (unpaired) electrons. The summed E-state index contributed by atoms with van der Waals surface area (Å²) in [6.07, 6.45) is 1.02. The van der Waals surface area contributed by atoms with Gasteiger partial charge in [0.15, 0.2) is 0 Å². The second kappa shape index (κ2) is 7.46. The van der Waals surface area contributed by atoms with Crippen LogP contribution in [0.25, 0.3) is 0 Å². The summed E-state index contributed by atoms with van der Waals surface area (Å²) < 4.78 is 14.1. The van der Waals surface area contributed by atoms with Crippen LogP contribution in [-0.4, -0.2) is 46.2 Å². The minimum absolute atomic E-state index is 0.141. The highest BCUT2D eigenvalue weighted by atomic mass is 19.1. The van der Waals surface area contributed by atoms with E-state index in [0.717, 1.165) is 25.1 Å². The van der Waals surface area contributed by atoms with Crippen LogP contribution in [0.5, 0.6) is 0 Å². The fourth-order valence-corrected chi connectivity index (χ4v) is 2.18. The van der Waals surface area contributed by atoms with Crippen molar-refractivity contribution in [2.24, 2.45) is 0 Å². The zero-order chi connectivity index (χ0) is 14.4. The molecular weight excluding hydrogens is 241 g/mol. The molecule has 0 heterocycles. The molecule has 108 valence electrons. The minimum atomic E-state index is -0.146. The van der Waals surface area contributed by atoms with Gasteiger partial charge in [-0.2, -0.15) is 0 Å². The normalized spacial score (nSPS) is 12.8. The molecule has 0 saturated heterocycles. The third kappa shape index (κ3) is 4.48. The highest BCUT2D eigenvalue weighted by Gasteiger charge is 2.16. The average Bonchev–Trinajstić information content (AvgIpc) is 2.36. The maximum atomic E-state index is 14.1. The van der Waals surface area contributed by atoms with E-state index in [1.165, 1.54) is 6.07 Å². The molecule has 1 aromatic carbocycles. The zero-order valence-corrected chi connectivity index (χ0v) is 12.7. The molecule has 0 spiro atoms. The number of anilines is 1. The number of nitrogens with zero attached hydrogens (tertiary/aromatic N) is 2. The lowest BCUT2D eigenvalue weighted by Gasteiger charge is -2.26. The van der Waals surface area contributed by atoms with Gasteiger partial charge in [0, 0.05) is 19.6 Å². The SMILES string of the molecule is CNC(C)c1cccc(F)c1N(C)CCCN(C)C. The Kier molecular flexibility index (Phi) is 6.25. The number of rotatable bonds is 7. The van der Waals surface area contributed by atoms with Crippen molar-refractivity contribution in [1.29, 1.82) is 0 Å². The Bertz CT molecular complexity index is 393. The first-order valence-corrected chi connectivity index (χ1v) is 6.79. The van der Waals surface area contributed by atoms with Gasteiger partial charge >= 0.3 is 0 Å². The molecule has 1 N–H and O–H groups in total. The van der Waals surface area contributed by atoms with E-state index in [-0.39, 0.29) is 11.9 Å². The number of hydrogen-bond donors (Lipinski definition) is 1. The average molecular weight is 267 g/mol. The van der Waals surface area contributed by atoms with Gasteiger partial charge in [0.05, 0.1) is 5.69 Å². The first-order chi connectivity index (χ1) is 8.97. The summed E-state index contributed by atoms with van der Waals surface area (Å²) in [5, 5.41) is 3.18. The van der Waals surface area contributed by atoms with Crippen molar-refractivity contribution < 1.29 is 4.39 Å². The zero-order valence-electron chi connectivity index (χ0n) is 12.7. The third-order valence-electron chi connectivity index (χ3n) is 3.40. The van der Waals surface area contributed by atoms with Crippen molar-refractivity contribution in [2.75, 3.05) is 46.2 Å². The Labute approximate surface area is 116 Å². The van der Waals surface area contributed by atoms with Crippen LogP contribution in [-0.2, 0) is 0 Å². The predicted octanol–water partition coefficient (Wildman–Crippen LogP) is 2.49. The van der Waals surface area contributed by atoms with E-state index in [0.29, 0.717) is 5.69 Å². The molecule has 1 rings (SSSR count). The molecule has 4 heteroatoms. The molecule has 0 aromatic heterocycles. The number of benzene rings is 1. The second-order valence-electron chi connectivity index (χ2n) is 5.27. The topological polar surface area (TPSA) is 18.5 Å². The van der Waals surface area contributed by atoms with E-state index in [1.54, 1.807) is 6.07 Å². The Hall–Kier alpha value is -1.13. The van der Waals surface area contributed by atoms with Gasteiger partial charge in [0.2, 0.25) is 0 Å². The second-order valence-corrected chi connectivity index (χ2v) is 5.27. The van der Waals surface area contributed by atoms with Gasteiger partial charge in [-0.3, -0.25) is 0 Å². The van der Waals surface area contributed by atoms with Crippen LogP contribution in [0.2, 0.25) is 0 Å². The summed E-state index contributed by atoms with van der Waals surface area (Å²) in [7, 11) is 7.96. The number of halogens is 1. The molecule has 0 saturated carbocycles. The molecule has 3 nitrogen and oxygen atoms in total. The molecule has 19 heavy (non-hydrogen) atoms. The molecule has 0 aliphatic carbocycles. The molecule has 0 bridgehead atoms. The van der Waals surface area contributed by atoms with E-state index in [1.807, 2.05) is 32.0 Å². The predicted molar refractivity (Wildman–Crippen MR) is 80.3 cm³/mol. The molecule has 0 fully saturated rings. The number of hydrogen-bond acceptors (Lipinski definition) is 3.